The van der Waals surface area contributed by atoms with Crippen LogP contribution in [0.25, 0.3) is 0 Å². The van der Waals surface area contributed by atoms with Gasteiger partial charge < -0.3 is 9.47 Å². The van der Waals surface area contributed by atoms with E-state index in [1.165, 1.54) is 6.42 Å². The highest BCUT2D eigenvalue weighted by Gasteiger charge is 2.45. The van der Waals surface area contributed by atoms with Gasteiger partial charge in [-0.1, -0.05) is 48.9 Å². The molecular weight excluding hydrogens is 438 g/mol. The van der Waals surface area contributed by atoms with Crippen LogP contribution in [0.1, 0.15) is 74.8 Å². The van der Waals surface area contributed by atoms with Gasteiger partial charge in [0.1, 0.15) is 17.8 Å². The Morgan fingerprint density at radius 2 is 1.63 bits per heavy atom. The van der Waals surface area contributed by atoms with Crippen LogP contribution in [0.5, 0.6) is 5.75 Å². The Hall–Kier alpha value is -3.21. The standard InChI is InChI=1S/C30H33NO4/c1-19-27(30(33)35-24-11-7-4-8-12-24)28(21-13-15-23(34-2)16-14-21)29-25(31-19)17-22(18-26(29)32)20-9-5-3-6-10-20/h3,5-6,9-10,13-16,22,24,27-28H,4,7-8,11-12,17-18H2,1-2H3/t22-,27?,28+/m1/s1. The molecule has 0 N–H and O–H groups in total. The van der Waals surface area contributed by atoms with Crippen LogP contribution in [0.15, 0.2) is 70.9 Å². The van der Waals surface area contributed by atoms with E-state index in [2.05, 4.69) is 12.1 Å². The summed E-state index contributed by atoms with van der Waals surface area (Å²) in [5.74, 6) is -0.336. The lowest BCUT2D eigenvalue weighted by atomic mass is 9.69. The normalized spacial score (nSPS) is 25.0. The maximum absolute atomic E-state index is 13.7. The van der Waals surface area contributed by atoms with Gasteiger partial charge in [0.25, 0.3) is 0 Å². The average molecular weight is 472 g/mol. The van der Waals surface area contributed by atoms with E-state index in [0.29, 0.717) is 18.4 Å². The summed E-state index contributed by atoms with van der Waals surface area (Å²) in [4.78, 5) is 32.2. The van der Waals surface area contributed by atoms with E-state index in [-0.39, 0.29) is 23.8 Å². The van der Waals surface area contributed by atoms with Gasteiger partial charge in [-0.3, -0.25) is 14.6 Å². The van der Waals surface area contributed by atoms with Crippen molar-refractivity contribution < 1.29 is 19.1 Å². The lowest BCUT2D eigenvalue weighted by molar-refractivity contribution is -0.153. The molecular formula is C30H33NO4. The fourth-order valence-corrected chi connectivity index (χ4v) is 5.92. The Balaban J connectivity index is 1.52. The molecule has 3 aliphatic rings. The highest BCUT2D eigenvalue weighted by molar-refractivity contribution is 6.09. The summed E-state index contributed by atoms with van der Waals surface area (Å²) >= 11 is 0. The Bertz CT molecular complexity index is 1140. The predicted octanol–water partition coefficient (Wildman–Crippen LogP) is 6.15. The average Bonchev–Trinajstić information content (AvgIpc) is 2.89. The SMILES string of the molecule is COc1ccc([C@@H]2C3=C(C[C@@H](c4ccccc4)CC3=O)N=C(C)C2C(=O)OC2CCCCC2)cc1. The molecule has 1 aliphatic heterocycles. The number of aliphatic imine (C=N–C) groups is 1. The van der Waals surface area contributed by atoms with Crippen LogP contribution in [0.3, 0.4) is 0 Å². The van der Waals surface area contributed by atoms with Crippen molar-refractivity contribution >= 4 is 17.5 Å². The molecule has 5 nitrogen and oxygen atoms in total. The number of hydrogen-bond acceptors (Lipinski definition) is 5. The van der Waals surface area contributed by atoms with Crippen molar-refractivity contribution in [2.45, 2.75) is 69.8 Å². The molecule has 2 aromatic rings. The van der Waals surface area contributed by atoms with E-state index in [4.69, 9.17) is 14.5 Å². The second-order valence-corrected chi connectivity index (χ2v) is 9.98. The van der Waals surface area contributed by atoms with Crippen molar-refractivity contribution in [2.75, 3.05) is 7.11 Å². The Morgan fingerprint density at radius 1 is 0.914 bits per heavy atom. The van der Waals surface area contributed by atoms with E-state index < -0.39 is 11.8 Å². The number of rotatable bonds is 5. The van der Waals surface area contributed by atoms with Gasteiger partial charge in [0.05, 0.1) is 7.11 Å². The smallest absolute Gasteiger partial charge is 0.315 e. The molecule has 2 aromatic carbocycles. The Labute approximate surface area is 207 Å². The van der Waals surface area contributed by atoms with Gasteiger partial charge in [-0.05, 0) is 68.2 Å². The minimum Gasteiger partial charge on any atom is -0.497 e. The summed E-state index contributed by atoms with van der Waals surface area (Å²) in [5, 5.41) is 0. The van der Waals surface area contributed by atoms with Crippen molar-refractivity contribution in [1.82, 2.24) is 0 Å². The van der Waals surface area contributed by atoms with Gasteiger partial charge in [0.15, 0.2) is 5.78 Å². The fraction of sp³-hybridized carbons (Fsp3) is 0.433. The highest BCUT2D eigenvalue weighted by Crippen LogP contribution is 2.47. The number of ketones is 1. The number of esters is 1. The first-order valence-corrected chi connectivity index (χ1v) is 12.8. The van der Waals surface area contributed by atoms with Gasteiger partial charge in [-0.25, -0.2) is 0 Å². The maximum Gasteiger partial charge on any atom is 0.315 e. The Morgan fingerprint density at radius 3 is 2.31 bits per heavy atom. The minimum absolute atomic E-state index is 0.0412. The number of Topliss-reactive ketones (excluding diaryl/α,β-unsaturated/α-hetero) is 1. The van der Waals surface area contributed by atoms with Crippen molar-refractivity contribution in [2.24, 2.45) is 10.9 Å². The van der Waals surface area contributed by atoms with Gasteiger partial charge in [-0.2, -0.15) is 0 Å². The molecule has 182 valence electrons. The van der Waals surface area contributed by atoms with Crippen molar-refractivity contribution in [3.63, 3.8) is 0 Å². The van der Waals surface area contributed by atoms with E-state index in [0.717, 1.165) is 54.0 Å². The molecule has 0 aromatic heterocycles. The van der Waals surface area contributed by atoms with Gasteiger partial charge >= 0.3 is 5.97 Å². The molecule has 5 rings (SSSR count). The van der Waals surface area contributed by atoms with Crippen molar-refractivity contribution in [3.8, 4) is 5.75 Å². The number of methoxy groups -OCH3 is 1. The monoisotopic (exact) mass is 471 g/mol. The summed E-state index contributed by atoms with van der Waals surface area (Å²) in [5.41, 5.74) is 4.30. The quantitative estimate of drug-likeness (QED) is 0.491. The number of benzene rings is 2. The summed E-state index contributed by atoms with van der Waals surface area (Å²) in [6.45, 7) is 1.91. The fourth-order valence-electron chi connectivity index (χ4n) is 5.92. The topological polar surface area (TPSA) is 65.0 Å². The van der Waals surface area contributed by atoms with Gasteiger partial charge in [0.2, 0.25) is 0 Å². The van der Waals surface area contributed by atoms with Gasteiger partial charge in [0, 0.05) is 29.3 Å². The van der Waals surface area contributed by atoms with Crippen LogP contribution >= 0.6 is 0 Å². The van der Waals surface area contributed by atoms with E-state index in [1.807, 2.05) is 49.4 Å². The zero-order chi connectivity index (χ0) is 24.4. The third-order valence-electron chi connectivity index (χ3n) is 7.72. The first kappa shape index (κ1) is 23.5. The third-order valence-corrected chi connectivity index (χ3v) is 7.72. The molecule has 1 unspecified atom stereocenters. The first-order valence-electron chi connectivity index (χ1n) is 12.8. The number of carbonyl (C=O) groups excluding carboxylic acids is 2. The molecule has 1 fully saturated rings. The van der Waals surface area contributed by atoms with Crippen LogP contribution in [-0.2, 0) is 14.3 Å². The van der Waals surface area contributed by atoms with Crippen LogP contribution in [0, 0.1) is 5.92 Å². The summed E-state index contributed by atoms with van der Waals surface area (Å²) < 4.78 is 11.4. The summed E-state index contributed by atoms with van der Waals surface area (Å²) in [7, 11) is 1.63. The summed E-state index contributed by atoms with van der Waals surface area (Å²) in [6.07, 6.45) is 6.27. The molecule has 2 aliphatic carbocycles. The third kappa shape index (κ3) is 4.82. The van der Waals surface area contributed by atoms with Crippen LogP contribution in [0.2, 0.25) is 0 Å². The first-order chi connectivity index (χ1) is 17.0. The van der Waals surface area contributed by atoms with Crippen LogP contribution in [0.4, 0.5) is 0 Å². The van der Waals surface area contributed by atoms with E-state index >= 15 is 0 Å². The lowest BCUT2D eigenvalue weighted by Gasteiger charge is -2.37. The zero-order valence-corrected chi connectivity index (χ0v) is 20.5. The number of ether oxygens (including phenoxy) is 2. The summed E-state index contributed by atoms with van der Waals surface area (Å²) in [6, 6.07) is 17.9. The molecule has 1 saturated carbocycles. The molecule has 35 heavy (non-hydrogen) atoms. The van der Waals surface area contributed by atoms with E-state index in [1.54, 1.807) is 7.11 Å². The lowest BCUT2D eigenvalue weighted by Crippen LogP contribution is -2.39. The predicted molar refractivity (Wildman–Crippen MR) is 136 cm³/mol. The van der Waals surface area contributed by atoms with E-state index in [9.17, 15) is 9.59 Å². The van der Waals surface area contributed by atoms with Crippen molar-refractivity contribution in [3.05, 3.63) is 77.0 Å². The highest BCUT2D eigenvalue weighted by atomic mass is 16.5. The molecule has 5 heteroatoms. The largest absolute Gasteiger partial charge is 0.497 e. The molecule has 0 radical (unpaired) electrons. The Kier molecular flexibility index (Phi) is 6.85. The number of allylic oxidation sites excluding steroid dienone is 2. The van der Waals surface area contributed by atoms with Crippen LogP contribution < -0.4 is 4.74 Å². The van der Waals surface area contributed by atoms with Gasteiger partial charge in [-0.15, -0.1) is 0 Å². The number of nitrogens with zero attached hydrogens (tertiary/aromatic N) is 1. The molecule has 0 spiro atoms. The molecule has 0 amide bonds. The molecule has 3 atom stereocenters. The molecule has 0 bridgehead atoms. The maximum atomic E-state index is 13.7. The minimum atomic E-state index is -0.596. The molecule has 0 saturated heterocycles. The van der Waals surface area contributed by atoms with Crippen LogP contribution in [-0.4, -0.2) is 30.7 Å². The number of hydrogen-bond donors (Lipinski definition) is 0. The number of carbonyl (C=O) groups is 2. The second kappa shape index (κ2) is 10.2. The molecule has 1 heterocycles. The zero-order valence-electron chi connectivity index (χ0n) is 20.5. The second-order valence-electron chi connectivity index (χ2n) is 9.98. The van der Waals surface area contributed by atoms with Crippen molar-refractivity contribution in [1.29, 1.82) is 0 Å².